The lowest BCUT2D eigenvalue weighted by molar-refractivity contribution is -0.0434. The summed E-state index contributed by atoms with van der Waals surface area (Å²) >= 11 is 0. The summed E-state index contributed by atoms with van der Waals surface area (Å²) in [5.74, 6) is 0. The Bertz CT molecular complexity index is 401. The second kappa shape index (κ2) is 7.42. The van der Waals surface area contributed by atoms with Crippen LogP contribution in [0, 0.1) is 0 Å². The monoisotopic (exact) mass is 289 g/mol. The van der Waals surface area contributed by atoms with Gasteiger partial charge >= 0.3 is 0 Å². The highest BCUT2D eigenvalue weighted by atomic mass is 16.5. The molecule has 0 aliphatic heterocycles. The highest BCUT2D eigenvalue weighted by Crippen LogP contribution is 2.33. The molecule has 1 aromatic rings. The van der Waals surface area contributed by atoms with Crippen molar-refractivity contribution in [1.29, 1.82) is 0 Å². The number of aryl methyl sites for hydroxylation is 1. The number of ether oxygens (including phenoxy) is 1. The fourth-order valence-corrected chi connectivity index (χ4v) is 3.03. The molecule has 1 saturated carbocycles. The number of nitrogens with one attached hydrogen (secondary N) is 1. The third-order valence-electron chi connectivity index (χ3n) is 4.32. The van der Waals surface area contributed by atoms with Crippen LogP contribution in [0.2, 0.25) is 0 Å². The summed E-state index contributed by atoms with van der Waals surface area (Å²) in [6.45, 7) is 8.55. The van der Waals surface area contributed by atoms with Crippen molar-refractivity contribution in [1.82, 2.24) is 5.32 Å². The van der Waals surface area contributed by atoms with Gasteiger partial charge in [-0.15, -0.1) is 0 Å². The molecular weight excluding hydrogens is 258 g/mol. The fourth-order valence-electron chi connectivity index (χ4n) is 3.03. The second-order valence-electron chi connectivity index (χ2n) is 7.43. The van der Waals surface area contributed by atoms with Crippen molar-refractivity contribution in [2.24, 2.45) is 0 Å². The van der Waals surface area contributed by atoms with E-state index in [0.29, 0.717) is 0 Å². The largest absolute Gasteiger partial charge is 0.374 e. The molecule has 0 bridgehead atoms. The van der Waals surface area contributed by atoms with E-state index >= 15 is 0 Å². The van der Waals surface area contributed by atoms with Gasteiger partial charge in [0, 0.05) is 18.7 Å². The molecule has 1 aliphatic carbocycles. The van der Waals surface area contributed by atoms with Crippen LogP contribution in [0.3, 0.4) is 0 Å². The lowest BCUT2D eigenvalue weighted by Crippen LogP contribution is -2.48. The molecule has 0 aromatic heterocycles. The van der Waals surface area contributed by atoms with Gasteiger partial charge in [-0.1, -0.05) is 43.2 Å². The van der Waals surface area contributed by atoms with Crippen LogP contribution in [0.4, 0.5) is 0 Å². The molecule has 21 heavy (non-hydrogen) atoms. The SMILES string of the molecule is CC(C)(C)NCC1(OCCCc2ccccc2)CCCC1. The highest BCUT2D eigenvalue weighted by molar-refractivity contribution is 5.14. The van der Waals surface area contributed by atoms with Gasteiger partial charge in [0.05, 0.1) is 5.60 Å². The molecule has 1 N–H and O–H groups in total. The molecule has 118 valence electrons. The average molecular weight is 289 g/mol. The van der Waals surface area contributed by atoms with E-state index in [9.17, 15) is 0 Å². The zero-order valence-corrected chi connectivity index (χ0v) is 14.0. The van der Waals surface area contributed by atoms with Gasteiger partial charge in [-0.25, -0.2) is 0 Å². The Kier molecular flexibility index (Phi) is 5.83. The summed E-state index contributed by atoms with van der Waals surface area (Å²) in [6.07, 6.45) is 7.27. The van der Waals surface area contributed by atoms with Crippen molar-refractivity contribution < 1.29 is 4.74 Å². The zero-order chi connectivity index (χ0) is 15.2. The second-order valence-corrected chi connectivity index (χ2v) is 7.43. The Morgan fingerprint density at radius 1 is 1.10 bits per heavy atom. The summed E-state index contributed by atoms with van der Waals surface area (Å²) in [5, 5.41) is 3.64. The Morgan fingerprint density at radius 2 is 1.76 bits per heavy atom. The molecule has 1 aliphatic rings. The van der Waals surface area contributed by atoms with Crippen molar-refractivity contribution in [3.05, 3.63) is 35.9 Å². The Morgan fingerprint density at radius 3 is 2.38 bits per heavy atom. The van der Waals surface area contributed by atoms with Gasteiger partial charge < -0.3 is 10.1 Å². The van der Waals surface area contributed by atoms with Gasteiger partial charge in [-0.2, -0.15) is 0 Å². The van der Waals surface area contributed by atoms with Crippen molar-refractivity contribution >= 4 is 0 Å². The van der Waals surface area contributed by atoms with E-state index in [4.69, 9.17) is 4.74 Å². The molecule has 2 nitrogen and oxygen atoms in total. The van der Waals surface area contributed by atoms with Gasteiger partial charge in [-0.05, 0) is 52.0 Å². The minimum atomic E-state index is 0.0873. The van der Waals surface area contributed by atoms with E-state index in [2.05, 4.69) is 56.4 Å². The lowest BCUT2D eigenvalue weighted by atomic mass is 9.99. The van der Waals surface area contributed by atoms with E-state index in [1.165, 1.54) is 31.2 Å². The number of benzene rings is 1. The number of hydrogen-bond donors (Lipinski definition) is 1. The van der Waals surface area contributed by atoms with Gasteiger partial charge in [0.2, 0.25) is 0 Å². The van der Waals surface area contributed by atoms with Gasteiger partial charge in [-0.3, -0.25) is 0 Å². The third-order valence-corrected chi connectivity index (χ3v) is 4.32. The molecule has 0 unspecified atom stereocenters. The van der Waals surface area contributed by atoms with Gasteiger partial charge in [0.25, 0.3) is 0 Å². The maximum Gasteiger partial charge on any atom is 0.0806 e. The predicted molar refractivity (Wildman–Crippen MR) is 89.7 cm³/mol. The van der Waals surface area contributed by atoms with Crippen molar-refractivity contribution in [2.45, 2.75) is 70.4 Å². The Labute approximate surface area is 130 Å². The molecule has 0 heterocycles. The van der Waals surface area contributed by atoms with Crippen LogP contribution in [-0.4, -0.2) is 24.3 Å². The standard InChI is InChI=1S/C19H31NO/c1-18(2,3)20-16-19(13-7-8-14-19)21-15-9-12-17-10-5-4-6-11-17/h4-6,10-11,20H,7-9,12-16H2,1-3H3. The predicted octanol–water partition coefficient (Wildman–Crippen LogP) is 4.34. The van der Waals surface area contributed by atoms with Crippen LogP contribution in [0.5, 0.6) is 0 Å². The van der Waals surface area contributed by atoms with Crippen molar-refractivity contribution in [2.75, 3.05) is 13.2 Å². The molecule has 2 heteroatoms. The quantitative estimate of drug-likeness (QED) is 0.754. The first-order chi connectivity index (χ1) is 9.99. The van der Waals surface area contributed by atoms with Crippen LogP contribution in [0.1, 0.15) is 58.4 Å². The molecule has 0 spiro atoms. The first-order valence-electron chi connectivity index (χ1n) is 8.42. The molecule has 2 rings (SSSR count). The van der Waals surface area contributed by atoms with E-state index in [1.54, 1.807) is 0 Å². The molecular formula is C19H31NO. The number of rotatable bonds is 7. The van der Waals surface area contributed by atoms with E-state index in [-0.39, 0.29) is 11.1 Å². The van der Waals surface area contributed by atoms with E-state index < -0.39 is 0 Å². The normalized spacial score (nSPS) is 18.0. The first kappa shape index (κ1) is 16.5. The summed E-state index contributed by atoms with van der Waals surface area (Å²) < 4.78 is 6.35. The molecule has 0 atom stereocenters. The Hall–Kier alpha value is -0.860. The summed E-state index contributed by atoms with van der Waals surface area (Å²) in [7, 11) is 0. The van der Waals surface area contributed by atoms with Gasteiger partial charge in [0.15, 0.2) is 0 Å². The zero-order valence-electron chi connectivity index (χ0n) is 14.0. The third kappa shape index (κ3) is 5.80. The molecule has 1 aromatic carbocycles. The fraction of sp³-hybridized carbons (Fsp3) is 0.684. The molecule has 0 amide bonds. The topological polar surface area (TPSA) is 21.3 Å². The summed E-state index contributed by atoms with van der Waals surface area (Å²) in [6, 6.07) is 10.7. The average Bonchev–Trinajstić information content (AvgIpc) is 2.92. The first-order valence-corrected chi connectivity index (χ1v) is 8.42. The lowest BCUT2D eigenvalue weighted by Gasteiger charge is -2.33. The smallest absolute Gasteiger partial charge is 0.0806 e. The summed E-state index contributed by atoms with van der Waals surface area (Å²) in [5.41, 5.74) is 1.67. The van der Waals surface area contributed by atoms with Crippen molar-refractivity contribution in [3.8, 4) is 0 Å². The van der Waals surface area contributed by atoms with Crippen LogP contribution >= 0.6 is 0 Å². The number of hydrogen-bond acceptors (Lipinski definition) is 2. The van der Waals surface area contributed by atoms with Crippen LogP contribution in [-0.2, 0) is 11.2 Å². The van der Waals surface area contributed by atoms with Crippen LogP contribution in [0.15, 0.2) is 30.3 Å². The Balaban J connectivity index is 1.75. The minimum absolute atomic E-state index is 0.0873. The van der Waals surface area contributed by atoms with Crippen molar-refractivity contribution in [3.63, 3.8) is 0 Å². The highest BCUT2D eigenvalue weighted by Gasteiger charge is 2.35. The van der Waals surface area contributed by atoms with E-state index in [0.717, 1.165) is 26.0 Å². The maximum atomic E-state index is 6.35. The molecule has 1 fully saturated rings. The van der Waals surface area contributed by atoms with Gasteiger partial charge in [0.1, 0.15) is 0 Å². The summed E-state index contributed by atoms with van der Waals surface area (Å²) in [4.78, 5) is 0. The maximum absolute atomic E-state index is 6.35. The minimum Gasteiger partial charge on any atom is -0.374 e. The molecule has 0 radical (unpaired) electrons. The van der Waals surface area contributed by atoms with E-state index in [1.807, 2.05) is 0 Å². The van der Waals surface area contributed by atoms with Crippen LogP contribution < -0.4 is 5.32 Å². The van der Waals surface area contributed by atoms with Crippen LogP contribution in [0.25, 0.3) is 0 Å². The molecule has 0 saturated heterocycles.